The summed E-state index contributed by atoms with van der Waals surface area (Å²) in [5.74, 6) is -7.90. The quantitative estimate of drug-likeness (QED) is 0.355. The molecule has 10 nitrogen and oxygen atoms in total. The van der Waals surface area contributed by atoms with Gasteiger partial charge in [0.25, 0.3) is 5.92 Å². The Morgan fingerprint density at radius 3 is 2.67 bits per heavy atom. The molecule has 4 heterocycles. The molecule has 5 rings (SSSR count). The number of amides is 1. The molecule has 0 aliphatic carbocycles. The minimum atomic E-state index is -3.20. The lowest BCUT2D eigenvalue weighted by Crippen LogP contribution is -2.47. The van der Waals surface area contributed by atoms with E-state index in [4.69, 9.17) is 16.3 Å². The number of alkyl halides is 2. The van der Waals surface area contributed by atoms with Crippen LogP contribution < -0.4 is 5.32 Å². The smallest absolute Gasteiger partial charge is 0.338 e. The van der Waals surface area contributed by atoms with Gasteiger partial charge in [-0.15, -0.1) is 11.3 Å². The van der Waals surface area contributed by atoms with Gasteiger partial charge in [0.15, 0.2) is 10.8 Å². The predicted molar refractivity (Wildman–Crippen MR) is 147 cm³/mol. The molecular formula is C27H27ClF3N5O5S. The fourth-order valence-corrected chi connectivity index (χ4v) is 6.40. The van der Waals surface area contributed by atoms with Crippen molar-refractivity contribution in [1.29, 1.82) is 0 Å². The van der Waals surface area contributed by atoms with Crippen LogP contribution in [-0.4, -0.2) is 88.8 Å². The highest BCUT2D eigenvalue weighted by Gasteiger charge is 2.60. The van der Waals surface area contributed by atoms with Crippen LogP contribution in [0, 0.1) is 17.2 Å². The summed E-state index contributed by atoms with van der Waals surface area (Å²) < 4.78 is 50.2. The van der Waals surface area contributed by atoms with Gasteiger partial charge in [-0.3, -0.25) is 19.5 Å². The molecule has 1 aromatic heterocycles. The highest BCUT2D eigenvalue weighted by molar-refractivity contribution is 7.11. The molecular weight excluding hydrogens is 599 g/mol. The van der Waals surface area contributed by atoms with Gasteiger partial charge >= 0.3 is 11.9 Å². The number of nitrogens with one attached hydrogen (secondary N) is 1. The van der Waals surface area contributed by atoms with E-state index in [1.807, 2.05) is 0 Å². The van der Waals surface area contributed by atoms with Crippen LogP contribution in [-0.2, 0) is 19.1 Å². The van der Waals surface area contributed by atoms with Gasteiger partial charge in [-0.05, 0) is 19.9 Å². The lowest BCUT2D eigenvalue weighted by molar-refractivity contribution is -0.158. The zero-order valence-electron chi connectivity index (χ0n) is 22.7. The van der Waals surface area contributed by atoms with E-state index in [0.717, 1.165) is 18.1 Å². The lowest BCUT2D eigenvalue weighted by atomic mass is 9.92. The average Bonchev–Trinajstić information content (AvgIpc) is 3.68. The standard InChI is InChI=1S/C27H27ClF3N5O5S/c1-26(2,25(39)40)24(38)35-9-14-17(11-35)36(12-27(14,30)31)10-16-18(23(37)41-3)20(13-5-4-6-15(29)19(13)28)34-21(33-16)22-32-7-8-42-22/h4-8,14,17,20H,9-12H2,1-3H3,(H,33,34)(H,39,40)/t14-,17+,20?/m1/s1. The van der Waals surface area contributed by atoms with E-state index in [1.54, 1.807) is 11.6 Å². The third kappa shape index (κ3) is 5.15. The Morgan fingerprint density at radius 2 is 2.02 bits per heavy atom. The number of hydrogen-bond donors (Lipinski definition) is 2. The molecule has 1 aromatic carbocycles. The number of esters is 1. The number of carbonyl (C=O) groups excluding carboxylic acids is 2. The van der Waals surface area contributed by atoms with E-state index in [1.165, 1.54) is 42.2 Å². The Balaban J connectivity index is 1.54. The maximum Gasteiger partial charge on any atom is 0.338 e. The Morgan fingerprint density at radius 1 is 1.29 bits per heavy atom. The zero-order valence-corrected chi connectivity index (χ0v) is 24.3. The molecule has 3 atom stereocenters. The molecule has 1 unspecified atom stereocenters. The first-order valence-electron chi connectivity index (χ1n) is 12.9. The molecule has 0 spiro atoms. The second-order valence-electron chi connectivity index (χ2n) is 10.8. The summed E-state index contributed by atoms with van der Waals surface area (Å²) in [5.41, 5.74) is -1.49. The second-order valence-corrected chi connectivity index (χ2v) is 12.1. The summed E-state index contributed by atoms with van der Waals surface area (Å²) in [5, 5.41) is 14.4. The number of fused-ring (bicyclic) bond motifs is 1. The van der Waals surface area contributed by atoms with Gasteiger partial charge in [0.05, 0.1) is 30.2 Å². The first-order chi connectivity index (χ1) is 19.8. The maximum absolute atomic E-state index is 15.3. The van der Waals surface area contributed by atoms with Crippen molar-refractivity contribution in [3.8, 4) is 0 Å². The van der Waals surface area contributed by atoms with Crippen LogP contribution in [0.3, 0.4) is 0 Å². The van der Waals surface area contributed by atoms with Crippen molar-refractivity contribution < 1.29 is 37.4 Å². The molecule has 224 valence electrons. The summed E-state index contributed by atoms with van der Waals surface area (Å²) in [4.78, 5) is 49.3. The summed E-state index contributed by atoms with van der Waals surface area (Å²) in [7, 11) is 1.15. The molecule has 3 aliphatic rings. The van der Waals surface area contributed by atoms with Crippen molar-refractivity contribution in [2.24, 2.45) is 16.3 Å². The summed E-state index contributed by atoms with van der Waals surface area (Å²) in [6.45, 7) is 1.16. The number of nitrogens with zero attached hydrogens (tertiary/aromatic N) is 4. The number of amidine groups is 1. The number of carboxylic acid groups (broad SMARTS) is 1. The molecule has 0 saturated carbocycles. The van der Waals surface area contributed by atoms with Gasteiger partial charge in [-0.1, -0.05) is 23.7 Å². The monoisotopic (exact) mass is 625 g/mol. The SMILES string of the molecule is COC(=O)C1=C(CN2CC(F)(F)[C@@H]3CN(C(=O)C(C)(C)C(=O)O)C[C@@H]32)NC(c2nccs2)=NC1c1cccc(F)c1Cl. The predicted octanol–water partition coefficient (Wildman–Crippen LogP) is 3.34. The van der Waals surface area contributed by atoms with Gasteiger partial charge in [0, 0.05) is 48.5 Å². The minimum absolute atomic E-state index is 0.0463. The van der Waals surface area contributed by atoms with Crippen LogP contribution in [0.1, 0.15) is 30.5 Å². The molecule has 3 aliphatic heterocycles. The van der Waals surface area contributed by atoms with Crippen molar-refractivity contribution in [3.63, 3.8) is 0 Å². The number of benzene rings is 1. The number of aliphatic imine (C=N–C) groups is 1. The molecule has 2 saturated heterocycles. The van der Waals surface area contributed by atoms with E-state index >= 15 is 8.78 Å². The second kappa shape index (κ2) is 11.0. The van der Waals surface area contributed by atoms with E-state index in [0.29, 0.717) is 5.01 Å². The Labute approximate surface area is 247 Å². The number of thiazole rings is 1. The van der Waals surface area contributed by atoms with Crippen LogP contribution in [0.4, 0.5) is 13.2 Å². The zero-order chi connectivity index (χ0) is 30.6. The molecule has 0 bridgehead atoms. The number of ether oxygens (including phenoxy) is 1. The number of carbonyl (C=O) groups is 3. The maximum atomic E-state index is 15.3. The summed E-state index contributed by atoms with van der Waals surface area (Å²) >= 11 is 7.55. The van der Waals surface area contributed by atoms with E-state index in [9.17, 15) is 23.9 Å². The first-order valence-corrected chi connectivity index (χ1v) is 14.2. The van der Waals surface area contributed by atoms with Crippen molar-refractivity contribution in [1.82, 2.24) is 20.1 Å². The number of halogens is 4. The summed E-state index contributed by atoms with van der Waals surface area (Å²) in [6.07, 6.45) is 1.54. The highest BCUT2D eigenvalue weighted by Crippen LogP contribution is 2.44. The van der Waals surface area contributed by atoms with Gasteiger partial charge in [-0.2, -0.15) is 0 Å². The van der Waals surface area contributed by atoms with Crippen LogP contribution in [0.25, 0.3) is 0 Å². The number of rotatable bonds is 7. The van der Waals surface area contributed by atoms with Crippen LogP contribution in [0.5, 0.6) is 0 Å². The fourth-order valence-electron chi connectivity index (χ4n) is 5.58. The molecule has 2 aromatic rings. The molecule has 42 heavy (non-hydrogen) atoms. The largest absolute Gasteiger partial charge is 0.480 e. The van der Waals surface area contributed by atoms with Crippen LogP contribution in [0.2, 0.25) is 5.02 Å². The highest BCUT2D eigenvalue weighted by atomic mass is 35.5. The first kappa shape index (κ1) is 30.0. The van der Waals surface area contributed by atoms with Crippen molar-refractivity contribution in [3.05, 3.63) is 62.5 Å². The topological polar surface area (TPSA) is 124 Å². The van der Waals surface area contributed by atoms with Crippen LogP contribution in [0.15, 0.2) is 46.0 Å². The van der Waals surface area contributed by atoms with Crippen molar-refractivity contribution >= 4 is 46.6 Å². The van der Waals surface area contributed by atoms with Gasteiger partial charge in [0.1, 0.15) is 17.3 Å². The van der Waals surface area contributed by atoms with Crippen molar-refractivity contribution in [2.45, 2.75) is 31.9 Å². The third-order valence-corrected chi connectivity index (χ3v) is 9.05. The molecule has 0 radical (unpaired) electrons. The number of aromatic nitrogens is 1. The normalized spacial score (nSPS) is 23.8. The third-order valence-electron chi connectivity index (χ3n) is 7.87. The van der Waals surface area contributed by atoms with E-state index in [2.05, 4.69) is 15.3 Å². The molecule has 1 amide bonds. The van der Waals surface area contributed by atoms with E-state index in [-0.39, 0.29) is 47.3 Å². The van der Waals surface area contributed by atoms with Crippen molar-refractivity contribution in [2.75, 3.05) is 33.3 Å². The van der Waals surface area contributed by atoms with Gasteiger partial charge < -0.3 is 20.1 Å². The number of aliphatic carboxylic acids is 1. The van der Waals surface area contributed by atoms with Gasteiger partial charge in [0.2, 0.25) is 5.91 Å². The van der Waals surface area contributed by atoms with E-state index < -0.39 is 59.5 Å². The molecule has 2 fully saturated rings. The lowest BCUT2D eigenvalue weighted by Gasteiger charge is -2.32. The Kier molecular flexibility index (Phi) is 7.83. The minimum Gasteiger partial charge on any atom is -0.480 e. The Hall–Kier alpha value is -3.49. The number of likely N-dealkylation sites (tertiary alicyclic amines) is 2. The molecule has 2 N–H and O–H groups in total. The average molecular weight is 626 g/mol. The summed E-state index contributed by atoms with van der Waals surface area (Å²) in [6, 6.07) is 2.11. The Bertz CT molecular complexity index is 1500. The van der Waals surface area contributed by atoms with Gasteiger partial charge in [-0.25, -0.2) is 22.9 Å². The fraction of sp³-hybridized carbons (Fsp3) is 0.444. The number of methoxy groups -OCH3 is 1. The number of carboxylic acids is 1. The molecule has 15 heteroatoms. The number of hydrogen-bond acceptors (Lipinski definition) is 9. The van der Waals surface area contributed by atoms with Crippen LogP contribution >= 0.6 is 22.9 Å².